The van der Waals surface area contributed by atoms with Gasteiger partial charge in [0.25, 0.3) is 0 Å². The standard InChI is InChI=1S/C17H18N2/c1-11-6-5-8-14-15(18)10-13-7-3-4-9-19-17(13)16(14)12(11)2/h3-6,8-10,12H,7,18H2,1-2H3. The van der Waals surface area contributed by atoms with E-state index in [4.69, 9.17) is 5.73 Å². The number of fused-ring (bicyclic) bond motifs is 3. The average molecular weight is 250 g/mol. The molecule has 1 heterocycles. The van der Waals surface area contributed by atoms with Crippen LogP contribution in [-0.4, -0.2) is 6.21 Å². The third-order valence-electron chi connectivity index (χ3n) is 3.99. The van der Waals surface area contributed by atoms with Crippen molar-refractivity contribution < 1.29 is 0 Å². The number of hydrogen-bond donors (Lipinski definition) is 1. The van der Waals surface area contributed by atoms with Crippen LogP contribution < -0.4 is 5.73 Å². The Bertz CT molecular complexity index is 646. The molecule has 1 aromatic carbocycles. The van der Waals surface area contributed by atoms with Crippen molar-refractivity contribution in [3.05, 3.63) is 52.6 Å². The van der Waals surface area contributed by atoms with E-state index in [1.54, 1.807) is 0 Å². The van der Waals surface area contributed by atoms with Gasteiger partial charge in [0.1, 0.15) is 0 Å². The summed E-state index contributed by atoms with van der Waals surface area (Å²) in [5.74, 6) is 0.345. The lowest BCUT2D eigenvalue weighted by atomic mass is 9.87. The second-order valence-electron chi connectivity index (χ2n) is 5.20. The number of nitrogen functional groups attached to an aromatic ring is 1. The van der Waals surface area contributed by atoms with Gasteiger partial charge >= 0.3 is 0 Å². The maximum atomic E-state index is 6.24. The van der Waals surface area contributed by atoms with Gasteiger partial charge in [0.15, 0.2) is 0 Å². The van der Waals surface area contributed by atoms with Gasteiger partial charge in [-0.2, -0.15) is 0 Å². The van der Waals surface area contributed by atoms with E-state index in [0.29, 0.717) is 5.92 Å². The van der Waals surface area contributed by atoms with E-state index in [1.165, 1.54) is 16.7 Å². The molecule has 0 saturated heterocycles. The SMILES string of the molecule is CC1=CC=Cc2c(N)cc3c(c2C1C)N=CC=CC3. The quantitative estimate of drug-likeness (QED) is 0.690. The lowest BCUT2D eigenvalue weighted by Crippen LogP contribution is -2.03. The first-order valence-corrected chi connectivity index (χ1v) is 6.68. The summed E-state index contributed by atoms with van der Waals surface area (Å²) in [6.45, 7) is 4.39. The highest BCUT2D eigenvalue weighted by Crippen LogP contribution is 2.42. The van der Waals surface area contributed by atoms with E-state index in [2.05, 4.69) is 49.2 Å². The summed E-state index contributed by atoms with van der Waals surface area (Å²) in [5.41, 5.74) is 13.1. The molecule has 2 heteroatoms. The fourth-order valence-electron chi connectivity index (χ4n) is 2.76. The molecule has 19 heavy (non-hydrogen) atoms. The Labute approximate surface area is 114 Å². The first-order chi connectivity index (χ1) is 9.18. The summed E-state index contributed by atoms with van der Waals surface area (Å²) in [4.78, 5) is 4.64. The van der Waals surface area contributed by atoms with Crippen LogP contribution in [0.1, 0.15) is 36.5 Å². The van der Waals surface area contributed by atoms with E-state index in [0.717, 1.165) is 23.4 Å². The Morgan fingerprint density at radius 3 is 3.00 bits per heavy atom. The molecule has 1 aromatic rings. The number of benzene rings is 1. The van der Waals surface area contributed by atoms with Gasteiger partial charge in [-0.1, -0.05) is 36.8 Å². The summed E-state index contributed by atoms with van der Waals surface area (Å²) in [6, 6.07) is 2.07. The van der Waals surface area contributed by atoms with Gasteiger partial charge in [0.2, 0.25) is 0 Å². The first kappa shape index (κ1) is 12.0. The zero-order chi connectivity index (χ0) is 13.4. The van der Waals surface area contributed by atoms with Gasteiger partial charge in [-0.15, -0.1) is 0 Å². The normalized spacial score (nSPS) is 20.3. The number of rotatable bonds is 0. The van der Waals surface area contributed by atoms with Gasteiger partial charge in [0.05, 0.1) is 5.69 Å². The fourth-order valence-corrected chi connectivity index (χ4v) is 2.76. The summed E-state index contributed by atoms with van der Waals surface area (Å²) < 4.78 is 0. The van der Waals surface area contributed by atoms with Crippen molar-refractivity contribution in [1.82, 2.24) is 0 Å². The highest BCUT2D eigenvalue weighted by molar-refractivity contribution is 5.83. The third-order valence-corrected chi connectivity index (χ3v) is 3.99. The molecule has 2 N–H and O–H groups in total. The van der Waals surface area contributed by atoms with Crippen molar-refractivity contribution in [3.63, 3.8) is 0 Å². The minimum atomic E-state index is 0.345. The Balaban J connectivity index is 2.33. The molecule has 0 radical (unpaired) electrons. The minimum absolute atomic E-state index is 0.345. The largest absolute Gasteiger partial charge is 0.398 e. The lowest BCUT2D eigenvalue weighted by molar-refractivity contribution is 0.892. The van der Waals surface area contributed by atoms with Gasteiger partial charge in [-0.3, -0.25) is 4.99 Å². The Morgan fingerprint density at radius 1 is 1.32 bits per heavy atom. The smallest absolute Gasteiger partial charge is 0.0710 e. The monoisotopic (exact) mass is 250 g/mol. The maximum Gasteiger partial charge on any atom is 0.0710 e. The molecule has 0 fully saturated rings. The van der Waals surface area contributed by atoms with Crippen molar-refractivity contribution >= 4 is 23.7 Å². The van der Waals surface area contributed by atoms with Crippen molar-refractivity contribution in [3.8, 4) is 0 Å². The molecule has 1 aliphatic carbocycles. The molecule has 1 unspecified atom stereocenters. The Hall–Kier alpha value is -2.09. The molecule has 0 bridgehead atoms. The van der Waals surface area contributed by atoms with Crippen LogP contribution in [0, 0.1) is 0 Å². The van der Waals surface area contributed by atoms with E-state index in [-0.39, 0.29) is 0 Å². The molecule has 2 nitrogen and oxygen atoms in total. The second-order valence-corrected chi connectivity index (χ2v) is 5.20. The van der Waals surface area contributed by atoms with Crippen LogP contribution in [0.2, 0.25) is 0 Å². The molecule has 96 valence electrons. The lowest BCUT2D eigenvalue weighted by Gasteiger charge is -2.20. The van der Waals surface area contributed by atoms with E-state index >= 15 is 0 Å². The van der Waals surface area contributed by atoms with Crippen LogP contribution in [0.25, 0.3) is 6.08 Å². The molecule has 1 atom stereocenters. The third kappa shape index (κ3) is 1.93. The summed E-state index contributed by atoms with van der Waals surface area (Å²) in [5, 5.41) is 0. The summed E-state index contributed by atoms with van der Waals surface area (Å²) in [7, 11) is 0. The minimum Gasteiger partial charge on any atom is -0.398 e. The van der Waals surface area contributed by atoms with Crippen LogP contribution in [0.5, 0.6) is 0 Å². The molecular weight excluding hydrogens is 232 g/mol. The van der Waals surface area contributed by atoms with Gasteiger partial charge in [-0.05, 0) is 36.6 Å². The van der Waals surface area contributed by atoms with Crippen LogP contribution in [0.3, 0.4) is 0 Å². The van der Waals surface area contributed by atoms with Crippen LogP contribution in [0.4, 0.5) is 11.4 Å². The van der Waals surface area contributed by atoms with Crippen molar-refractivity contribution in [2.75, 3.05) is 5.73 Å². The molecule has 0 aromatic heterocycles. The summed E-state index contributed by atoms with van der Waals surface area (Å²) >= 11 is 0. The number of nitrogens with zero attached hydrogens (tertiary/aromatic N) is 1. The van der Waals surface area contributed by atoms with E-state index in [1.807, 2.05) is 12.3 Å². The molecular formula is C17H18N2. The number of nitrogens with two attached hydrogens (primary N) is 1. The second kappa shape index (κ2) is 4.54. The van der Waals surface area contributed by atoms with E-state index < -0.39 is 0 Å². The highest BCUT2D eigenvalue weighted by Gasteiger charge is 2.22. The molecule has 2 aliphatic rings. The molecule has 3 rings (SSSR count). The zero-order valence-electron chi connectivity index (χ0n) is 11.4. The molecule has 0 spiro atoms. The molecule has 0 saturated carbocycles. The van der Waals surface area contributed by atoms with Gasteiger partial charge in [0, 0.05) is 23.4 Å². The number of allylic oxidation sites excluding steroid dienone is 5. The average Bonchev–Trinajstić information content (AvgIpc) is 2.69. The molecule has 0 amide bonds. The fraction of sp³-hybridized carbons (Fsp3) is 0.235. The van der Waals surface area contributed by atoms with Crippen LogP contribution in [0.15, 0.2) is 40.9 Å². The predicted molar refractivity (Wildman–Crippen MR) is 83.1 cm³/mol. The summed E-state index contributed by atoms with van der Waals surface area (Å²) in [6.07, 6.45) is 13.2. The number of hydrogen-bond acceptors (Lipinski definition) is 2. The Kier molecular flexibility index (Phi) is 2.86. The number of aliphatic imine (C=N–C) groups is 1. The topological polar surface area (TPSA) is 38.4 Å². The van der Waals surface area contributed by atoms with Crippen LogP contribution in [-0.2, 0) is 6.42 Å². The Morgan fingerprint density at radius 2 is 2.16 bits per heavy atom. The number of anilines is 1. The highest BCUT2D eigenvalue weighted by atomic mass is 14.7. The van der Waals surface area contributed by atoms with Crippen molar-refractivity contribution in [2.45, 2.75) is 26.2 Å². The zero-order valence-corrected chi connectivity index (χ0v) is 11.4. The first-order valence-electron chi connectivity index (χ1n) is 6.68. The van der Waals surface area contributed by atoms with Gasteiger partial charge < -0.3 is 5.73 Å². The van der Waals surface area contributed by atoms with E-state index in [9.17, 15) is 0 Å². The maximum absolute atomic E-state index is 6.24. The molecule has 1 aliphatic heterocycles. The van der Waals surface area contributed by atoms with Crippen molar-refractivity contribution in [2.24, 2.45) is 4.99 Å². The van der Waals surface area contributed by atoms with Crippen molar-refractivity contribution in [1.29, 1.82) is 0 Å². The van der Waals surface area contributed by atoms with Gasteiger partial charge in [-0.25, -0.2) is 0 Å². The van der Waals surface area contributed by atoms with Crippen LogP contribution >= 0.6 is 0 Å². The predicted octanol–water partition coefficient (Wildman–Crippen LogP) is 4.16.